The van der Waals surface area contributed by atoms with Crippen LogP contribution in [0.1, 0.15) is 83.9 Å². The third-order valence-electron chi connectivity index (χ3n) is 7.18. The molecule has 17 heteroatoms. The number of carbonyl (C=O) groups is 5. The van der Waals surface area contributed by atoms with Crippen LogP contribution in [0.4, 0.5) is 21.0 Å². The van der Waals surface area contributed by atoms with Crippen LogP contribution >= 0.6 is 11.6 Å². The molecule has 0 spiro atoms. The van der Waals surface area contributed by atoms with Crippen molar-refractivity contribution in [3.63, 3.8) is 0 Å². The lowest BCUT2D eigenvalue weighted by Gasteiger charge is -2.29. The fourth-order valence-corrected chi connectivity index (χ4v) is 5.12. The van der Waals surface area contributed by atoms with E-state index in [1.165, 1.54) is 43.8 Å². The molecule has 0 saturated heterocycles. The number of halogens is 1. The third kappa shape index (κ3) is 10.1. The number of carboxylic acid groups (broad SMARTS) is 1. The molecule has 0 unspecified atom stereocenters. The minimum Gasteiger partial charge on any atom is -0.496 e. The van der Waals surface area contributed by atoms with Gasteiger partial charge in [-0.3, -0.25) is 9.36 Å². The molecule has 2 N–H and O–H groups in total. The normalized spacial score (nSPS) is 11.3. The predicted molar refractivity (Wildman–Crippen MR) is 192 cm³/mol. The first-order chi connectivity index (χ1) is 24.8. The van der Waals surface area contributed by atoms with Crippen LogP contribution in [-0.4, -0.2) is 80.3 Å². The molecule has 0 atom stereocenters. The van der Waals surface area contributed by atoms with Gasteiger partial charge in [-0.05, 0) is 102 Å². The average molecular weight is 751 g/mol. The quantitative estimate of drug-likeness (QED) is 0.131. The highest BCUT2D eigenvalue weighted by molar-refractivity contribution is 6.32. The van der Waals surface area contributed by atoms with Gasteiger partial charge in [0.2, 0.25) is 0 Å². The molecule has 0 aliphatic heterocycles. The summed E-state index contributed by atoms with van der Waals surface area (Å²) in [5, 5.41) is 20.6. The summed E-state index contributed by atoms with van der Waals surface area (Å²) in [6.45, 7) is 9.66. The van der Waals surface area contributed by atoms with E-state index in [4.69, 9.17) is 30.5 Å². The highest BCUT2D eigenvalue weighted by atomic mass is 35.5. The topological polar surface area (TPSA) is 201 Å². The Kier molecular flexibility index (Phi) is 12.1. The largest absolute Gasteiger partial charge is 0.496 e. The molecule has 16 nitrogen and oxygen atoms in total. The first kappa shape index (κ1) is 39.8. The number of hydrogen-bond donors (Lipinski definition) is 2. The van der Waals surface area contributed by atoms with E-state index in [2.05, 4.69) is 20.5 Å². The summed E-state index contributed by atoms with van der Waals surface area (Å²) in [7, 11) is 2.50. The Hall–Kier alpha value is -6.03. The van der Waals surface area contributed by atoms with Gasteiger partial charge in [0.1, 0.15) is 23.3 Å². The number of imidazole rings is 1. The number of benzene rings is 2. The van der Waals surface area contributed by atoms with Crippen LogP contribution in [0.25, 0.3) is 5.82 Å². The van der Waals surface area contributed by atoms with Gasteiger partial charge in [-0.1, -0.05) is 11.6 Å². The number of rotatable bonds is 10. The highest BCUT2D eigenvalue weighted by Gasteiger charge is 2.36. The smallest absolute Gasteiger partial charge is 0.424 e. The summed E-state index contributed by atoms with van der Waals surface area (Å²) >= 11 is 6.72. The monoisotopic (exact) mass is 750 g/mol. The van der Waals surface area contributed by atoms with Gasteiger partial charge in [-0.15, -0.1) is 10.2 Å². The average Bonchev–Trinajstić information content (AvgIpc) is 3.61. The lowest BCUT2D eigenvalue weighted by Crippen LogP contribution is -2.44. The van der Waals surface area contributed by atoms with E-state index in [1.807, 2.05) is 0 Å². The van der Waals surface area contributed by atoms with Crippen molar-refractivity contribution in [2.45, 2.75) is 65.6 Å². The summed E-state index contributed by atoms with van der Waals surface area (Å²) in [5.74, 6) is -2.31. The van der Waals surface area contributed by atoms with Crippen molar-refractivity contribution in [2.75, 3.05) is 24.4 Å². The molecule has 3 amide bonds. The van der Waals surface area contributed by atoms with Crippen LogP contribution < -0.4 is 15.0 Å². The zero-order valence-corrected chi connectivity index (χ0v) is 31.1. The molecule has 2 heterocycles. The Balaban J connectivity index is 1.69. The molecule has 0 aliphatic rings. The molecule has 0 radical (unpaired) electrons. The number of aromatic carboxylic acids is 1. The number of aromatic nitrogens is 4. The molecule has 0 saturated carbocycles. The van der Waals surface area contributed by atoms with Crippen molar-refractivity contribution in [3.8, 4) is 11.6 Å². The molecular weight excluding hydrogens is 712 g/mol. The maximum absolute atomic E-state index is 13.4. The van der Waals surface area contributed by atoms with E-state index in [0.717, 1.165) is 7.11 Å². The van der Waals surface area contributed by atoms with E-state index in [0.29, 0.717) is 21.8 Å². The van der Waals surface area contributed by atoms with Gasteiger partial charge in [0.25, 0.3) is 5.91 Å². The van der Waals surface area contributed by atoms with E-state index < -0.39 is 41.2 Å². The second-order valence-corrected chi connectivity index (χ2v) is 13.9. The van der Waals surface area contributed by atoms with Crippen molar-refractivity contribution < 1.29 is 48.0 Å². The highest BCUT2D eigenvalue weighted by Crippen LogP contribution is 2.34. The molecule has 0 fully saturated rings. The standard InChI is InChI=1S/C36H39ClN6O10/c1-35(2,3)52-33(48)43(34(49)53-36(4,5)6)27-18-24(37)20(15-23(27)32(47)51-8)9-10-21-16-26(22(31(45)46)17-28(21)50-7)39-30(44)25-11-12-29(41-40-25)42-14-13-38-19-42/h11-19H,9-10H2,1-8H3,(H,39,44)(H,45,46). The summed E-state index contributed by atoms with van der Waals surface area (Å²) in [6.07, 6.45) is 2.80. The number of aryl methyl sites for hydroxylation is 2. The number of carbonyl (C=O) groups excluding carboxylic acids is 4. The van der Waals surface area contributed by atoms with E-state index >= 15 is 0 Å². The summed E-state index contributed by atoms with van der Waals surface area (Å²) in [6, 6.07) is 8.33. The number of anilines is 2. The van der Waals surface area contributed by atoms with Crippen molar-refractivity contribution >= 4 is 53.0 Å². The van der Waals surface area contributed by atoms with Gasteiger partial charge < -0.3 is 29.4 Å². The number of ether oxygens (including phenoxy) is 4. The number of nitrogens with one attached hydrogen (secondary N) is 1. The summed E-state index contributed by atoms with van der Waals surface area (Å²) in [4.78, 5) is 69.8. The molecule has 4 aromatic rings. The fourth-order valence-electron chi connectivity index (χ4n) is 4.87. The first-order valence-corrected chi connectivity index (χ1v) is 16.4. The molecular formula is C36H39ClN6O10. The van der Waals surface area contributed by atoms with Crippen molar-refractivity contribution in [1.29, 1.82) is 0 Å². The molecule has 4 rings (SSSR count). The molecule has 280 valence electrons. The zero-order chi connectivity index (χ0) is 39.2. The van der Waals surface area contributed by atoms with Gasteiger partial charge in [0, 0.05) is 17.4 Å². The van der Waals surface area contributed by atoms with Gasteiger partial charge in [0.15, 0.2) is 11.5 Å². The van der Waals surface area contributed by atoms with Gasteiger partial charge in [-0.25, -0.2) is 24.2 Å². The number of carboxylic acids is 1. The van der Waals surface area contributed by atoms with Crippen LogP contribution in [0.15, 0.2) is 55.1 Å². The summed E-state index contributed by atoms with van der Waals surface area (Å²) in [5.41, 5.74) is -1.95. The Morgan fingerprint density at radius 1 is 0.868 bits per heavy atom. The number of hydrogen-bond acceptors (Lipinski definition) is 12. The van der Waals surface area contributed by atoms with Crippen molar-refractivity contribution in [1.82, 2.24) is 19.7 Å². The predicted octanol–water partition coefficient (Wildman–Crippen LogP) is 6.52. The lowest BCUT2D eigenvalue weighted by atomic mass is 9.98. The Labute approximate surface area is 310 Å². The fraction of sp³-hybridized carbons (Fsp3) is 0.333. The number of nitrogens with zero attached hydrogens (tertiary/aromatic N) is 5. The second kappa shape index (κ2) is 16.1. The maximum atomic E-state index is 13.4. The molecule has 53 heavy (non-hydrogen) atoms. The second-order valence-electron chi connectivity index (χ2n) is 13.5. The van der Waals surface area contributed by atoms with Gasteiger partial charge >= 0.3 is 24.1 Å². The number of esters is 1. The van der Waals surface area contributed by atoms with Crippen molar-refractivity contribution in [3.05, 3.63) is 88.1 Å². The van der Waals surface area contributed by atoms with E-state index in [-0.39, 0.29) is 51.8 Å². The SMILES string of the molecule is COC(=O)c1cc(CCc2cc(NC(=O)c3ccc(-n4ccnc4)nn3)c(C(=O)O)cc2OC)c(Cl)cc1N(C(=O)OC(C)(C)C)C(=O)OC(C)(C)C. The Bertz CT molecular complexity index is 1990. The third-order valence-corrected chi connectivity index (χ3v) is 7.53. The zero-order valence-electron chi connectivity index (χ0n) is 30.3. The Morgan fingerprint density at radius 2 is 1.51 bits per heavy atom. The van der Waals surface area contributed by atoms with Crippen LogP contribution in [-0.2, 0) is 27.1 Å². The maximum Gasteiger partial charge on any atom is 0.424 e. The van der Waals surface area contributed by atoms with Crippen LogP contribution in [0.5, 0.6) is 5.75 Å². The van der Waals surface area contributed by atoms with Crippen LogP contribution in [0, 0.1) is 0 Å². The van der Waals surface area contributed by atoms with Gasteiger partial charge in [-0.2, -0.15) is 4.90 Å². The number of imide groups is 1. The van der Waals surface area contributed by atoms with Crippen molar-refractivity contribution in [2.24, 2.45) is 0 Å². The summed E-state index contributed by atoms with van der Waals surface area (Å²) < 4.78 is 23.0. The lowest BCUT2D eigenvalue weighted by molar-refractivity contribution is 0.0429. The first-order valence-electron chi connectivity index (χ1n) is 16.1. The number of amides is 3. The Morgan fingerprint density at radius 3 is 2.02 bits per heavy atom. The van der Waals surface area contributed by atoms with Gasteiger partial charge in [0.05, 0.1) is 36.7 Å². The van der Waals surface area contributed by atoms with Crippen LogP contribution in [0.2, 0.25) is 5.02 Å². The minimum atomic E-state index is -1.33. The molecule has 2 aromatic carbocycles. The minimum absolute atomic E-state index is 0.0409. The number of methoxy groups -OCH3 is 2. The van der Waals surface area contributed by atoms with Crippen LogP contribution in [0.3, 0.4) is 0 Å². The molecule has 0 aliphatic carbocycles. The molecule has 2 aromatic heterocycles. The molecule has 0 bridgehead atoms. The van der Waals surface area contributed by atoms with E-state index in [1.54, 1.807) is 64.6 Å². The van der Waals surface area contributed by atoms with E-state index in [9.17, 15) is 29.1 Å².